The normalized spacial score (nSPS) is 12.5. The highest BCUT2D eigenvalue weighted by atomic mass is 79.9. The topological polar surface area (TPSA) is 70.1 Å². The number of carbonyl (C=O) groups is 1. The van der Waals surface area contributed by atoms with Gasteiger partial charge in [-0.05, 0) is 36.2 Å². The van der Waals surface area contributed by atoms with Crippen molar-refractivity contribution in [3.63, 3.8) is 0 Å². The van der Waals surface area contributed by atoms with Gasteiger partial charge >= 0.3 is 5.97 Å². The fourth-order valence-electron chi connectivity index (χ4n) is 1.27. The van der Waals surface area contributed by atoms with Gasteiger partial charge in [0, 0.05) is 0 Å². The molecule has 1 atom stereocenters. The van der Waals surface area contributed by atoms with Crippen molar-refractivity contribution < 1.29 is 9.53 Å². The number of hydrogen-bond acceptors (Lipinski definition) is 4. The highest BCUT2D eigenvalue weighted by Crippen LogP contribution is 2.27. The fraction of sp³-hybridized carbons (Fsp3) is 0.600. The number of nitrogens with two attached hydrogens (primary N) is 1. The molecule has 0 fully saturated rings. The van der Waals surface area contributed by atoms with Gasteiger partial charge in [0.2, 0.25) is 0 Å². The second-order valence-corrected chi connectivity index (χ2v) is 4.26. The summed E-state index contributed by atoms with van der Waals surface area (Å²) in [4.78, 5) is 11.6. The number of nitrogens with zero attached hydrogens (tertiary/aromatic N) is 2. The van der Waals surface area contributed by atoms with E-state index in [4.69, 9.17) is 10.5 Å². The van der Waals surface area contributed by atoms with Crippen molar-refractivity contribution in [3.05, 3.63) is 10.2 Å². The van der Waals surface area contributed by atoms with Crippen molar-refractivity contribution in [3.8, 4) is 0 Å². The zero-order chi connectivity index (χ0) is 12.3. The number of aromatic nitrogens is 2. The monoisotopic (exact) mass is 289 g/mol. The zero-order valence-corrected chi connectivity index (χ0v) is 11.2. The van der Waals surface area contributed by atoms with Crippen LogP contribution < -0.4 is 5.73 Å². The van der Waals surface area contributed by atoms with E-state index in [1.807, 2.05) is 13.8 Å². The molecule has 0 saturated heterocycles. The van der Waals surface area contributed by atoms with Crippen LogP contribution in [-0.4, -0.2) is 22.4 Å². The van der Waals surface area contributed by atoms with Gasteiger partial charge < -0.3 is 10.5 Å². The van der Waals surface area contributed by atoms with Crippen molar-refractivity contribution >= 4 is 27.7 Å². The molecule has 0 aliphatic rings. The van der Waals surface area contributed by atoms with Gasteiger partial charge in [-0.2, -0.15) is 5.10 Å². The quantitative estimate of drug-likeness (QED) is 0.864. The van der Waals surface area contributed by atoms with E-state index in [2.05, 4.69) is 21.0 Å². The zero-order valence-electron chi connectivity index (χ0n) is 9.66. The largest absolute Gasteiger partial charge is 0.461 e. The summed E-state index contributed by atoms with van der Waals surface area (Å²) in [6, 6.07) is 0.152. The number of rotatable bonds is 4. The standard InChI is InChI=1S/C10H16BrN3O2/c1-4-6(3)14-9(12)7(11)8(13-14)10(15)16-5-2/h6H,4-5,12H2,1-3H3/t6-/m0/s1. The van der Waals surface area contributed by atoms with Crippen molar-refractivity contribution in [2.75, 3.05) is 12.3 Å². The number of anilines is 1. The Bertz CT molecular complexity index is 390. The van der Waals surface area contributed by atoms with Crippen molar-refractivity contribution in [2.24, 2.45) is 0 Å². The second-order valence-electron chi connectivity index (χ2n) is 3.47. The number of nitrogen functional groups attached to an aromatic ring is 1. The van der Waals surface area contributed by atoms with Crippen LogP contribution in [-0.2, 0) is 4.74 Å². The van der Waals surface area contributed by atoms with Crippen LogP contribution in [0.5, 0.6) is 0 Å². The summed E-state index contributed by atoms with van der Waals surface area (Å²) in [5.74, 6) is 0.000492. The highest BCUT2D eigenvalue weighted by Gasteiger charge is 2.22. The Labute approximate surface area is 103 Å². The predicted octanol–water partition coefficient (Wildman–Crippen LogP) is 2.38. The summed E-state index contributed by atoms with van der Waals surface area (Å²) in [7, 11) is 0. The van der Waals surface area contributed by atoms with Crippen LogP contribution in [0.15, 0.2) is 4.47 Å². The molecule has 0 bridgehead atoms. The molecule has 1 aromatic rings. The van der Waals surface area contributed by atoms with Crippen LogP contribution >= 0.6 is 15.9 Å². The molecule has 1 aromatic heterocycles. The first-order chi connectivity index (χ1) is 7.52. The van der Waals surface area contributed by atoms with E-state index in [1.54, 1.807) is 11.6 Å². The molecular weight excluding hydrogens is 274 g/mol. The van der Waals surface area contributed by atoms with Crippen LogP contribution in [0.4, 0.5) is 5.82 Å². The lowest BCUT2D eigenvalue weighted by atomic mass is 10.3. The van der Waals surface area contributed by atoms with E-state index in [1.165, 1.54) is 0 Å². The summed E-state index contributed by atoms with van der Waals surface area (Å²) >= 11 is 3.26. The van der Waals surface area contributed by atoms with Gasteiger partial charge in [0.25, 0.3) is 0 Å². The third kappa shape index (κ3) is 2.37. The summed E-state index contributed by atoms with van der Waals surface area (Å²) < 4.78 is 7.03. The van der Waals surface area contributed by atoms with Crippen molar-refractivity contribution in [2.45, 2.75) is 33.2 Å². The van der Waals surface area contributed by atoms with Gasteiger partial charge in [0.15, 0.2) is 5.69 Å². The van der Waals surface area contributed by atoms with Gasteiger partial charge in [-0.3, -0.25) is 0 Å². The Morgan fingerprint density at radius 3 is 2.75 bits per heavy atom. The third-order valence-electron chi connectivity index (χ3n) is 2.36. The number of hydrogen-bond donors (Lipinski definition) is 1. The molecule has 0 aliphatic heterocycles. The first-order valence-corrected chi connectivity index (χ1v) is 6.02. The fourth-order valence-corrected chi connectivity index (χ4v) is 1.69. The van der Waals surface area contributed by atoms with E-state index in [9.17, 15) is 4.79 Å². The maximum absolute atomic E-state index is 11.6. The minimum atomic E-state index is -0.455. The molecule has 0 radical (unpaired) electrons. The number of halogens is 1. The van der Waals surface area contributed by atoms with Crippen molar-refractivity contribution in [1.82, 2.24) is 9.78 Å². The van der Waals surface area contributed by atoms with Crippen LogP contribution in [0.1, 0.15) is 43.7 Å². The maximum Gasteiger partial charge on any atom is 0.360 e. The maximum atomic E-state index is 11.6. The van der Waals surface area contributed by atoms with E-state index < -0.39 is 5.97 Å². The molecular formula is C10H16BrN3O2. The molecule has 90 valence electrons. The molecule has 0 spiro atoms. The lowest BCUT2D eigenvalue weighted by Crippen LogP contribution is -2.11. The molecule has 16 heavy (non-hydrogen) atoms. The minimum Gasteiger partial charge on any atom is -0.461 e. The number of esters is 1. The molecule has 1 heterocycles. The Morgan fingerprint density at radius 1 is 1.62 bits per heavy atom. The summed E-state index contributed by atoms with van der Waals surface area (Å²) in [6.45, 7) is 6.09. The van der Waals surface area contributed by atoms with E-state index in [0.717, 1.165) is 6.42 Å². The van der Waals surface area contributed by atoms with Gasteiger partial charge in [0.1, 0.15) is 5.82 Å². The Morgan fingerprint density at radius 2 is 2.25 bits per heavy atom. The average molecular weight is 290 g/mol. The SMILES string of the molecule is CCOC(=O)c1nn([C@@H](C)CC)c(N)c1Br. The average Bonchev–Trinajstić information content (AvgIpc) is 2.56. The van der Waals surface area contributed by atoms with Crippen LogP contribution in [0, 0.1) is 0 Å². The highest BCUT2D eigenvalue weighted by molar-refractivity contribution is 9.10. The number of carbonyl (C=O) groups excluding carboxylic acids is 1. The van der Waals surface area contributed by atoms with E-state index in [-0.39, 0.29) is 11.7 Å². The van der Waals surface area contributed by atoms with Crippen LogP contribution in [0.2, 0.25) is 0 Å². The first kappa shape index (κ1) is 13.0. The Balaban J connectivity index is 3.09. The number of ether oxygens (including phenoxy) is 1. The van der Waals surface area contributed by atoms with E-state index >= 15 is 0 Å². The smallest absolute Gasteiger partial charge is 0.360 e. The van der Waals surface area contributed by atoms with Crippen LogP contribution in [0.3, 0.4) is 0 Å². The van der Waals surface area contributed by atoms with Gasteiger partial charge in [-0.15, -0.1) is 0 Å². The predicted molar refractivity (Wildman–Crippen MR) is 65.3 cm³/mol. The molecule has 2 N–H and O–H groups in total. The van der Waals surface area contributed by atoms with Crippen molar-refractivity contribution in [1.29, 1.82) is 0 Å². The molecule has 0 aliphatic carbocycles. The van der Waals surface area contributed by atoms with Gasteiger partial charge in [-0.1, -0.05) is 6.92 Å². The molecule has 0 unspecified atom stereocenters. The summed E-state index contributed by atoms with van der Waals surface area (Å²) in [6.07, 6.45) is 0.889. The molecule has 5 nitrogen and oxygen atoms in total. The Hall–Kier alpha value is -1.04. The molecule has 0 aromatic carbocycles. The molecule has 0 saturated carbocycles. The van der Waals surface area contributed by atoms with Gasteiger partial charge in [0.05, 0.1) is 17.1 Å². The molecule has 1 rings (SSSR count). The van der Waals surface area contributed by atoms with Crippen LogP contribution in [0.25, 0.3) is 0 Å². The molecule has 0 amide bonds. The summed E-state index contributed by atoms with van der Waals surface area (Å²) in [5.41, 5.74) is 6.10. The second kappa shape index (κ2) is 5.34. The lowest BCUT2D eigenvalue weighted by molar-refractivity contribution is 0.0517. The Kier molecular flexibility index (Phi) is 4.35. The molecule has 6 heteroatoms. The lowest BCUT2D eigenvalue weighted by Gasteiger charge is -2.10. The minimum absolute atomic E-state index is 0.152. The third-order valence-corrected chi connectivity index (χ3v) is 3.15. The first-order valence-electron chi connectivity index (χ1n) is 5.23. The summed E-state index contributed by atoms with van der Waals surface area (Å²) in [5, 5.41) is 4.17. The van der Waals surface area contributed by atoms with E-state index in [0.29, 0.717) is 16.9 Å². The van der Waals surface area contributed by atoms with Gasteiger partial charge in [-0.25, -0.2) is 9.48 Å².